The normalized spacial score (nSPS) is 11.4. The molecule has 1 aromatic carbocycles. The van der Waals surface area contributed by atoms with Gasteiger partial charge in [0.25, 0.3) is 0 Å². The maximum absolute atomic E-state index is 12.4. The molecule has 9 heteroatoms. The highest BCUT2D eigenvalue weighted by molar-refractivity contribution is 7.89. The first-order chi connectivity index (χ1) is 12.3. The van der Waals surface area contributed by atoms with Gasteiger partial charge in [0, 0.05) is 13.2 Å². The SMILES string of the molecule is CCOC(=O)Nc1cc(S(=O)(=O)NCCCOC(C)C)ccc1OCC. The Morgan fingerprint density at radius 1 is 1.19 bits per heavy atom. The molecule has 0 saturated carbocycles. The van der Waals surface area contributed by atoms with Gasteiger partial charge in [-0.3, -0.25) is 5.32 Å². The fraction of sp³-hybridized carbons (Fsp3) is 0.588. The second-order valence-corrected chi connectivity index (χ2v) is 7.37. The van der Waals surface area contributed by atoms with Gasteiger partial charge in [0.2, 0.25) is 10.0 Å². The summed E-state index contributed by atoms with van der Waals surface area (Å²) in [7, 11) is -3.72. The largest absolute Gasteiger partial charge is 0.492 e. The summed E-state index contributed by atoms with van der Waals surface area (Å²) >= 11 is 0. The highest BCUT2D eigenvalue weighted by atomic mass is 32.2. The summed E-state index contributed by atoms with van der Waals surface area (Å²) in [5, 5.41) is 2.50. The van der Waals surface area contributed by atoms with Gasteiger partial charge in [0.15, 0.2) is 0 Å². The Hall–Kier alpha value is -1.84. The number of amides is 1. The molecule has 0 radical (unpaired) electrons. The van der Waals surface area contributed by atoms with Crippen LogP contribution in [-0.2, 0) is 19.5 Å². The van der Waals surface area contributed by atoms with E-state index in [4.69, 9.17) is 14.2 Å². The van der Waals surface area contributed by atoms with E-state index >= 15 is 0 Å². The molecular weight excluding hydrogens is 360 g/mol. The quantitative estimate of drug-likeness (QED) is 0.565. The minimum absolute atomic E-state index is 0.0255. The zero-order valence-electron chi connectivity index (χ0n) is 15.7. The number of carbonyl (C=O) groups is 1. The summed E-state index contributed by atoms with van der Waals surface area (Å²) in [6, 6.07) is 4.27. The summed E-state index contributed by atoms with van der Waals surface area (Å²) in [4.78, 5) is 11.7. The minimum Gasteiger partial charge on any atom is -0.492 e. The van der Waals surface area contributed by atoms with E-state index in [2.05, 4.69) is 10.0 Å². The van der Waals surface area contributed by atoms with Crippen molar-refractivity contribution in [1.29, 1.82) is 0 Å². The number of ether oxygens (including phenoxy) is 3. The van der Waals surface area contributed by atoms with E-state index in [9.17, 15) is 13.2 Å². The molecule has 1 rings (SSSR count). The van der Waals surface area contributed by atoms with Crippen LogP contribution in [0.3, 0.4) is 0 Å². The van der Waals surface area contributed by atoms with Gasteiger partial charge in [0.05, 0.1) is 29.9 Å². The monoisotopic (exact) mass is 388 g/mol. The second kappa shape index (κ2) is 11.0. The number of nitrogens with one attached hydrogen (secondary N) is 2. The number of carbonyl (C=O) groups excluding carboxylic acids is 1. The van der Waals surface area contributed by atoms with E-state index < -0.39 is 16.1 Å². The van der Waals surface area contributed by atoms with Crippen LogP contribution in [0.5, 0.6) is 5.75 Å². The molecule has 0 aliphatic rings. The molecule has 1 amide bonds. The van der Waals surface area contributed by atoms with Crippen molar-refractivity contribution >= 4 is 21.8 Å². The molecule has 0 unspecified atom stereocenters. The topological polar surface area (TPSA) is 103 Å². The number of hydrogen-bond acceptors (Lipinski definition) is 6. The number of rotatable bonds is 11. The van der Waals surface area contributed by atoms with Crippen LogP contribution in [0.25, 0.3) is 0 Å². The molecule has 0 bridgehead atoms. The third-order valence-electron chi connectivity index (χ3n) is 3.14. The Kier molecular flexibility index (Phi) is 9.39. The zero-order chi connectivity index (χ0) is 19.6. The van der Waals surface area contributed by atoms with Crippen molar-refractivity contribution in [3.63, 3.8) is 0 Å². The van der Waals surface area contributed by atoms with Gasteiger partial charge in [-0.1, -0.05) is 0 Å². The van der Waals surface area contributed by atoms with Crippen LogP contribution in [-0.4, -0.2) is 47.0 Å². The van der Waals surface area contributed by atoms with E-state index in [0.717, 1.165) is 0 Å². The first-order valence-electron chi connectivity index (χ1n) is 8.62. The lowest BCUT2D eigenvalue weighted by atomic mass is 10.3. The molecule has 0 atom stereocenters. The van der Waals surface area contributed by atoms with E-state index in [-0.39, 0.29) is 29.8 Å². The zero-order valence-corrected chi connectivity index (χ0v) is 16.5. The first kappa shape index (κ1) is 22.2. The van der Waals surface area contributed by atoms with Crippen LogP contribution in [0, 0.1) is 0 Å². The van der Waals surface area contributed by atoms with Crippen molar-refractivity contribution in [3.8, 4) is 5.75 Å². The van der Waals surface area contributed by atoms with Crippen LogP contribution in [0.1, 0.15) is 34.1 Å². The third kappa shape index (κ3) is 7.59. The lowest BCUT2D eigenvalue weighted by Crippen LogP contribution is -2.26. The molecule has 0 heterocycles. The lowest BCUT2D eigenvalue weighted by Gasteiger charge is -2.14. The fourth-order valence-corrected chi connectivity index (χ4v) is 3.11. The van der Waals surface area contributed by atoms with Crippen molar-refractivity contribution in [2.75, 3.05) is 31.7 Å². The van der Waals surface area contributed by atoms with Gasteiger partial charge in [-0.05, 0) is 52.3 Å². The van der Waals surface area contributed by atoms with E-state index in [0.29, 0.717) is 25.4 Å². The summed E-state index contributed by atoms with van der Waals surface area (Å²) in [6.45, 7) is 8.61. The Morgan fingerprint density at radius 2 is 1.92 bits per heavy atom. The van der Waals surface area contributed by atoms with Gasteiger partial charge in [0.1, 0.15) is 5.75 Å². The highest BCUT2D eigenvalue weighted by Crippen LogP contribution is 2.28. The van der Waals surface area contributed by atoms with Crippen LogP contribution >= 0.6 is 0 Å². The Bertz CT molecular complexity index is 676. The number of sulfonamides is 1. The maximum atomic E-state index is 12.4. The van der Waals surface area contributed by atoms with Gasteiger partial charge in [-0.15, -0.1) is 0 Å². The summed E-state index contributed by atoms with van der Waals surface area (Å²) in [5.74, 6) is 0.366. The van der Waals surface area contributed by atoms with E-state index in [1.165, 1.54) is 18.2 Å². The van der Waals surface area contributed by atoms with Crippen LogP contribution in [0.15, 0.2) is 23.1 Å². The summed E-state index contributed by atoms with van der Waals surface area (Å²) < 4.78 is 43.0. The van der Waals surface area contributed by atoms with Crippen LogP contribution in [0.4, 0.5) is 10.5 Å². The smallest absolute Gasteiger partial charge is 0.411 e. The molecule has 0 spiro atoms. The van der Waals surface area contributed by atoms with Gasteiger partial charge < -0.3 is 14.2 Å². The Labute approximate surface area is 155 Å². The molecule has 148 valence electrons. The predicted molar refractivity (Wildman–Crippen MR) is 99.1 cm³/mol. The lowest BCUT2D eigenvalue weighted by molar-refractivity contribution is 0.0778. The molecule has 2 N–H and O–H groups in total. The van der Waals surface area contributed by atoms with Crippen molar-refractivity contribution in [3.05, 3.63) is 18.2 Å². The molecule has 0 saturated heterocycles. The van der Waals surface area contributed by atoms with Crippen molar-refractivity contribution in [1.82, 2.24) is 4.72 Å². The Morgan fingerprint density at radius 3 is 2.54 bits per heavy atom. The van der Waals surface area contributed by atoms with E-state index in [1.54, 1.807) is 13.8 Å². The van der Waals surface area contributed by atoms with E-state index in [1.807, 2.05) is 13.8 Å². The van der Waals surface area contributed by atoms with Gasteiger partial charge in [-0.2, -0.15) is 0 Å². The molecule has 0 aliphatic carbocycles. The standard InChI is InChI=1S/C17H28N2O6S/c1-5-23-16-9-8-14(12-15(16)19-17(20)24-6-2)26(21,22)18-10-7-11-25-13(3)4/h8-9,12-13,18H,5-7,10-11H2,1-4H3,(H,19,20). The molecule has 1 aromatic rings. The van der Waals surface area contributed by atoms with Crippen molar-refractivity contribution < 1.29 is 27.4 Å². The van der Waals surface area contributed by atoms with Crippen molar-refractivity contribution in [2.24, 2.45) is 0 Å². The minimum atomic E-state index is -3.72. The van der Waals surface area contributed by atoms with Gasteiger partial charge >= 0.3 is 6.09 Å². The third-order valence-corrected chi connectivity index (χ3v) is 4.60. The Balaban J connectivity index is 2.85. The molecule has 0 aromatic heterocycles. The number of benzene rings is 1. The second-order valence-electron chi connectivity index (χ2n) is 5.61. The molecule has 8 nitrogen and oxygen atoms in total. The molecule has 0 aliphatic heterocycles. The average Bonchev–Trinajstić information content (AvgIpc) is 2.56. The predicted octanol–water partition coefficient (Wildman–Crippen LogP) is 2.75. The molecule has 26 heavy (non-hydrogen) atoms. The van der Waals surface area contributed by atoms with Crippen LogP contribution in [0.2, 0.25) is 0 Å². The number of hydrogen-bond donors (Lipinski definition) is 2. The first-order valence-corrected chi connectivity index (χ1v) is 10.1. The van der Waals surface area contributed by atoms with Gasteiger partial charge in [-0.25, -0.2) is 17.9 Å². The van der Waals surface area contributed by atoms with Crippen LogP contribution < -0.4 is 14.8 Å². The summed E-state index contributed by atoms with van der Waals surface area (Å²) in [5.41, 5.74) is 0.233. The highest BCUT2D eigenvalue weighted by Gasteiger charge is 2.17. The maximum Gasteiger partial charge on any atom is 0.411 e. The average molecular weight is 388 g/mol. The fourth-order valence-electron chi connectivity index (χ4n) is 2.01. The van der Waals surface area contributed by atoms with Crippen molar-refractivity contribution in [2.45, 2.75) is 45.1 Å². The summed E-state index contributed by atoms with van der Waals surface area (Å²) in [6.07, 6.45) is -0.0152. The number of anilines is 1. The molecular formula is C17H28N2O6S. The molecule has 0 fully saturated rings.